The summed E-state index contributed by atoms with van der Waals surface area (Å²) >= 11 is 0. The van der Waals surface area contributed by atoms with E-state index in [0.29, 0.717) is 6.42 Å². The Labute approximate surface area is 102 Å². The number of hydrogen-bond acceptors (Lipinski definition) is 2. The molecule has 3 nitrogen and oxygen atoms in total. The normalized spacial score (nSPS) is 23.8. The summed E-state index contributed by atoms with van der Waals surface area (Å²) in [6.45, 7) is 2.89. The average molecular weight is 233 g/mol. The minimum absolute atomic E-state index is 0.674. The second-order valence-corrected chi connectivity index (χ2v) is 4.84. The lowest BCUT2D eigenvalue weighted by Crippen LogP contribution is -2.47. The molecule has 1 fully saturated rings. The molecule has 2 rings (SSSR count). The number of nitrogens with one attached hydrogen (secondary N) is 1. The van der Waals surface area contributed by atoms with Crippen molar-refractivity contribution >= 4 is 5.97 Å². The Morgan fingerprint density at radius 3 is 2.82 bits per heavy atom. The van der Waals surface area contributed by atoms with Crippen molar-refractivity contribution in [2.24, 2.45) is 0 Å². The Hall–Kier alpha value is -1.35. The minimum Gasteiger partial charge on any atom is -0.480 e. The molecule has 0 radical (unpaired) electrons. The van der Waals surface area contributed by atoms with Crippen molar-refractivity contribution < 1.29 is 9.90 Å². The number of carboxylic acids is 1. The molecule has 0 aliphatic carbocycles. The SMILES string of the molecule is Cc1ccccc1CCC1(C(=O)O)CCCN1. The van der Waals surface area contributed by atoms with Gasteiger partial charge < -0.3 is 10.4 Å². The van der Waals surface area contributed by atoms with Gasteiger partial charge in [0, 0.05) is 0 Å². The summed E-state index contributed by atoms with van der Waals surface area (Å²) < 4.78 is 0. The predicted octanol–water partition coefficient (Wildman–Crippen LogP) is 2.13. The fraction of sp³-hybridized carbons (Fsp3) is 0.500. The summed E-state index contributed by atoms with van der Waals surface area (Å²) in [5, 5.41) is 12.5. The van der Waals surface area contributed by atoms with E-state index in [-0.39, 0.29) is 0 Å². The summed E-state index contributed by atoms with van der Waals surface area (Å²) in [7, 11) is 0. The van der Waals surface area contributed by atoms with Crippen LogP contribution in [0.5, 0.6) is 0 Å². The maximum Gasteiger partial charge on any atom is 0.323 e. The zero-order valence-electron chi connectivity index (χ0n) is 10.2. The topological polar surface area (TPSA) is 49.3 Å². The molecular weight excluding hydrogens is 214 g/mol. The van der Waals surface area contributed by atoms with Crippen molar-refractivity contribution in [2.45, 2.75) is 38.1 Å². The Morgan fingerprint density at radius 2 is 2.24 bits per heavy atom. The molecule has 3 heteroatoms. The first kappa shape index (κ1) is 12.1. The van der Waals surface area contributed by atoms with Gasteiger partial charge >= 0.3 is 5.97 Å². The quantitative estimate of drug-likeness (QED) is 0.837. The molecule has 17 heavy (non-hydrogen) atoms. The zero-order chi connectivity index (χ0) is 12.3. The van der Waals surface area contributed by atoms with Crippen LogP contribution in [0.15, 0.2) is 24.3 Å². The summed E-state index contributed by atoms with van der Waals surface area (Å²) in [6, 6.07) is 8.18. The van der Waals surface area contributed by atoms with Gasteiger partial charge in [0.05, 0.1) is 0 Å². The predicted molar refractivity (Wildman–Crippen MR) is 67.1 cm³/mol. The van der Waals surface area contributed by atoms with Crippen LogP contribution in [-0.4, -0.2) is 23.2 Å². The summed E-state index contributed by atoms with van der Waals surface area (Å²) in [6.07, 6.45) is 3.20. The highest BCUT2D eigenvalue weighted by Crippen LogP contribution is 2.26. The van der Waals surface area contributed by atoms with Gasteiger partial charge in [0.1, 0.15) is 5.54 Å². The highest BCUT2D eigenvalue weighted by atomic mass is 16.4. The molecule has 0 spiro atoms. The Balaban J connectivity index is 2.06. The molecule has 1 saturated heterocycles. The van der Waals surface area contributed by atoms with Gasteiger partial charge in [-0.25, -0.2) is 0 Å². The van der Waals surface area contributed by atoms with E-state index >= 15 is 0 Å². The van der Waals surface area contributed by atoms with Gasteiger partial charge in [0.25, 0.3) is 0 Å². The van der Waals surface area contributed by atoms with E-state index in [0.717, 1.165) is 25.8 Å². The molecule has 0 amide bonds. The first-order chi connectivity index (χ1) is 8.14. The van der Waals surface area contributed by atoms with Gasteiger partial charge in [0.2, 0.25) is 0 Å². The second kappa shape index (κ2) is 4.88. The first-order valence-corrected chi connectivity index (χ1v) is 6.17. The van der Waals surface area contributed by atoms with Crippen LogP contribution >= 0.6 is 0 Å². The number of carbonyl (C=O) groups is 1. The van der Waals surface area contributed by atoms with E-state index < -0.39 is 11.5 Å². The van der Waals surface area contributed by atoms with Crippen molar-refractivity contribution in [3.8, 4) is 0 Å². The van der Waals surface area contributed by atoms with Gasteiger partial charge in [-0.05, 0) is 50.3 Å². The zero-order valence-corrected chi connectivity index (χ0v) is 10.2. The maximum atomic E-state index is 11.4. The van der Waals surface area contributed by atoms with Crippen LogP contribution < -0.4 is 5.32 Å². The van der Waals surface area contributed by atoms with E-state index in [2.05, 4.69) is 24.4 Å². The Bertz CT molecular complexity index is 408. The minimum atomic E-state index is -0.705. The summed E-state index contributed by atoms with van der Waals surface area (Å²) in [5.41, 5.74) is 1.80. The third-order valence-electron chi connectivity index (χ3n) is 3.74. The fourth-order valence-corrected chi connectivity index (χ4v) is 2.55. The third kappa shape index (κ3) is 2.50. The van der Waals surface area contributed by atoms with Gasteiger partial charge in [-0.1, -0.05) is 24.3 Å². The number of benzene rings is 1. The van der Waals surface area contributed by atoms with E-state index in [1.54, 1.807) is 0 Å². The molecule has 0 aromatic heterocycles. The standard InChI is InChI=1S/C14H19NO2/c1-11-5-2-3-6-12(11)7-9-14(13(16)17)8-4-10-15-14/h2-3,5-6,15H,4,7-10H2,1H3,(H,16,17). The second-order valence-electron chi connectivity index (χ2n) is 4.84. The van der Waals surface area contributed by atoms with Crippen molar-refractivity contribution in [1.82, 2.24) is 5.32 Å². The molecule has 1 aromatic rings. The summed E-state index contributed by atoms with van der Waals surface area (Å²) in [4.78, 5) is 11.4. The number of hydrogen-bond donors (Lipinski definition) is 2. The van der Waals surface area contributed by atoms with Crippen LogP contribution in [0.2, 0.25) is 0 Å². The highest BCUT2D eigenvalue weighted by molar-refractivity contribution is 5.79. The molecular formula is C14H19NO2. The molecule has 1 atom stereocenters. The molecule has 1 heterocycles. The van der Waals surface area contributed by atoms with Crippen LogP contribution in [0.3, 0.4) is 0 Å². The van der Waals surface area contributed by atoms with E-state index in [1.165, 1.54) is 11.1 Å². The van der Waals surface area contributed by atoms with Crippen LogP contribution in [0, 0.1) is 6.92 Å². The smallest absolute Gasteiger partial charge is 0.323 e. The molecule has 0 bridgehead atoms. The van der Waals surface area contributed by atoms with E-state index in [4.69, 9.17) is 0 Å². The Morgan fingerprint density at radius 1 is 1.47 bits per heavy atom. The van der Waals surface area contributed by atoms with Gasteiger partial charge in [-0.3, -0.25) is 4.79 Å². The van der Waals surface area contributed by atoms with Crippen molar-refractivity contribution in [3.05, 3.63) is 35.4 Å². The lowest BCUT2D eigenvalue weighted by molar-refractivity contribution is -0.144. The fourth-order valence-electron chi connectivity index (χ4n) is 2.55. The van der Waals surface area contributed by atoms with Crippen LogP contribution in [-0.2, 0) is 11.2 Å². The number of aliphatic carboxylic acids is 1. The molecule has 1 aromatic carbocycles. The van der Waals surface area contributed by atoms with Crippen molar-refractivity contribution in [2.75, 3.05) is 6.54 Å². The van der Waals surface area contributed by atoms with E-state index in [9.17, 15) is 9.90 Å². The molecule has 92 valence electrons. The van der Waals surface area contributed by atoms with Crippen molar-refractivity contribution in [1.29, 1.82) is 0 Å². The average Bonchev–Trinajstić information content (AvgIpc) is 2.78. The third-order valence-corrected chi connectivity index (χ3v) is 3.74. The number of carboxylic acid groups (broad SMARTS) is 1. The molecule has 1 aliphatic rings. The lowest BCUT2D eigenvalue weighted by atomic mass is 9.89. The van der Waals surface area contributed by atoms with Gasteiger partial charge in [0.15, 0.2) is 0 Å². The van der Waals surface area contributed by atoms with Crippen LogP contribution in [0.25, 0.3) is 0 Å². The van der Waals surface area contributed by atoms with Crippen LogP contribution in [0.4, 0.5) is 0 Å². The number of aryl methyl sites for hydroxylation is 2. The first-order valence-electron chi connectivity index (χ1n) is 6.17. The molecule has 1 unspecified atom stereocenters. The summed E-state index contributed by atoms with van der Waals surface area (Å²) in [5.74, 6) is -0.705. The monoisotopic (exact) mass is 233 g/mol. The molecule has 2 N–H and O–H groups in total. The Kier molecular flexibility index (Phi) is 3.48. The van der Waals surface area contributed by atoms with Gasteiger partial charge in [-0.2, -0.15) is 0 Å². The highest BCUT2D eigenvalue weighted by Gasteiger charge is 2.40. The molecule has 1 aliphatic heterocycles. The van der Waals surface area contributed by atoms with Crippen molar-refractivity contribution in [3.63, 3.8) is 0 Å². The number of rotatable bonds is 4. The molecule has 0 saturated carbocycles. The maximum absolute atomic E-state index is 11.4. The van der Waals surface area contributed by atoms with E-state index in [1.807, 2.05) is 12.1 Å². The van der Waals surface area contributed by atoms with Crippen LogP contribution in [0.1, 0.15) is 30.4 Å². The van der Waals surface area contributed by atoms with Gasteiger partial charge in [-0.15, -0.1) is 0 Å². The largest absolute Gasteiger partial charge is 0.480 e. The lowest BCUT2D eigenvalue weighted by Gasteiger charge is -2.24.